The van der Waals surface area contributed by atoms with Crippen molar-refractivity contribution in [3.05, 3.63) is 59.3 Å². The van der Waals surface area contributed by atoms with Crippen molar-refractivity contribution in [2.75, 3.05) is 18.5 Å². The number of hydrogen-bond donors (Lipinski definition) is 1. The first-order valence-electron chi connectivity index (χ1n) is 9.12. The molecule has 1 aliphatic rings. The highest BCUT2D eigenvalue weighted by Gasteiger charge is 2.17. The Morgan fingerprint density at radius 2 is 1.90 bits per heavy atom. The van der Waals surface area contributed by atoms with Gasteiger partial charge >= 0.3 is 0 Å². The Morgan fingerprint density at radius 1 is 1.14 bits per heavy atom. The van der Waals surface area contributed by atoms with E-state index in [0.29, 0.717) is 46.9 Å². The van der Waals surface area contributed by atoms with E-state index in [4.69, 9.17) is 25.6 Å². The minimum absolute atomic E-state index is 0.0934. The van der Waals surface area contributed by atoms with E-state index in [1.807, 2.05) is 37.3 Å². The molecule has 0 bridgehead atoms. The number of carbonyl (C=O) groups excluding carboxylic acids is 1. The van der Waals surface area contributed by atoms with Crippen LogP contribution >= 0.6 is 23.4 Å². The number of aromatic nitrogens is 1. The van der Waals surface area contributed by atoms with Crippen molar-refractivity contribution in [1.82, 2.24) is 5.16 Å². The number of halogens is 1. The summed E-state index contributed by atoms with van der Waals surface area (Å²) in [7, 11) is 0. The number of anilines is 1. The highest BCUT2D eigenvalue weighted by molar-refractivity contribution is 7.99. The van der Waals surface area contributed by atoms with Crippen LogP contribution in [0, 0.1) is 0 Å². The molecule has 6 nitrogen and oxygen atoms in total. The zero-order valence-corrected chi connectivity index (χ0v) is 17.3. The Bertz CT molecular complexity index is 1010. The maximum atomic E-state index is 12.5. The summed E-state index contributed by atoms with van der Waals surface area (Å²) in [6.45, 7) is 2.90. The normalized spacial score (nSPS) is 13.7. The Balaban J connectivity index is 1.32. The third-order valence-corrected chi connectivity index (χ3v) is 5.77. The standard InChI is InChI=1S/C21H19ClN2O4S/c1-13(21(25)23-16-6-7-19-20(10-16)27-9-8-26-19)29-12-17-11-18(24-28-17)14-2-4-15(22)5-3-14/h2-7,10-11,13H,8-9,12H2,1H3,(H,23,25). The van der Waals surface area contributed by atoms with E-state index in [0.717, 1.165) is 11.3 Å². The predicted molar refractivity (Wildman–Crippen MR) is 114 cm³/mol. The zero-order valence-electron chi connectivity index (χ0n) is 15.7. The van der Waals surface area contributed by atoms with E-state index >= 15 is 0 Å². The zero-order chi connectivity index (χ0) is 20.2. The van der Waals surface area contributed by atoms with Gasteiger partial charge in [-0.15, -0.1) is 11.8 Å². The number of rotatable bonds is 6. The van der Waals surface area contributed by atoms with E-state index in [2.05, 4.69) is 10.5 Å². The number of fused-ring (bicyclic) bond motifs is 1. The average molecular weight is 431 g/mol. The smallest absolute Gasteiger partial charge is 0.237 e. The molecule has 8 heteroatoms. The number of amides is 1. The van der Waals surface area contributed by atoms with Crippen molar-refractivity contribution in [2.24, 2.45) is 0 Å². The van der Waals surface area contributed by atoms with Crippen LogP contribution in [0.3, 0.4) is 0 Å². The number of hydrogen-bond acceptors (Lipinski definition) is 6. The topological polar surface area (TPSA) is 73.6 Å². The summed E-state index contributed by atoms with van der Waals surface area (Å²) >= 11 is 7.39. The molecule has 0 fully saturated rings. The van der Waals surface area contributed by atoms with Gasteiger partial charge in [-0.25, -0.2) is 0 Å². The van der Waals surface area contributed by atoms with Gasteiger partial charge in [0.1, 0.15) is 24.7 Å². The molecule has 4 rings (SSSR count). The molecule has 29 heavy (non-hydrogen) atoms. The quantitative estimate of drug-likeness (QED) is 0.591. The molecule has 1 atom stereocenters. The van der Waals surface area contributed by atoms with Gasteiger partial charge in [0.15, 0.2) is 11.5 Å². The Kier molecular flexibility index (Phi) is 5.97. The van der Waals surface area contributed by atoms with Gasteiger partial charge in [0.2, 0.25) is 5.91 Å². The van der Waals surface area contributed by atoms with Gasteiger partial charge in [0, 0.05) is 28.4 Å². The molecule has 150 valence electrons. The minimum Gasteiger partial charge on any atom is -0.486 e. The summed E-state index contributed by atoms with van der Waals surface area (Å²) in [5, 5.41) is 7.40. The molecule has 0 saturated carbocycles. The molecule has 3 aromatic rings. The molecule has 2 aromatic carbocycles. The van der Waals surface area contributed by atoms with E-state index in [9.17, 15) is 4.79 Å². The molecule has 1 aromatic heterocycles. The van der Waals surface area contributed by atoms with Gasteiger partial charge in [0.25, 0.3) is 0 Å². The number of benzene rings is 2. The lowest BCUT2D eigenvalue weighted by molar-refractivity contribution is -0.115. The third-order valence-electron chi connectivity index (χ3n) is 4.35. The maximum absolute atomic E-state index is 12.5. The molecule has 1 aliphatic heterocycles. The SMILES string of the molecule is CC(SCc1cc(-c2ccc(Cl)cc2)no1)C(=O)Nc1ccc2c(c1)OCCO2. The first-order chi connectivity index (χ1) is 14.1. The molecule has 0 spiro atoms. The third kappa shape index (κ3) is 4.86. The lowest BCUT2D eigenvalue weighted by Crippen LogP contribution is -2.23. The van der Waals surface area contributed by atoms with Crippen molar-refractivity contribution in [1.29, 1.82) is 0 Å². The Labute approximate surface area is 177 Å². The van der Waals surface area contributed by atoms with E-state index in [1.54, 1.807) is 18.2 Å². The van der Waals surface area contributed by atoms with Crippen LogP contribution in [0.4, 0.5) is 5.69 Å². The van der Waals surface area contributed by atoms with Crippen LogP contribution < -0.4 is 14.8 Å². The average Bonchev–Trinajstić information content (AvgIpc) is 3.21. The number of carbonyl (C=O) groups is 1. The van der Waals surface area contributed by atoms with Gasteiger partial charge in [-0.05, 0) is 31.2 Å². The summed E-state index contributed by atoms with van der Waals surface area (Å²) < 4.78 is 16.4. The highest BCUT2D eigenvalue weighted by Crippen LogP contribution is 2.33. The highest BCUT2D eigenvalue weighted by atomic mass is 35.5. The van der Waals surface area contributed by atoms with Gasteiger partial charge in [0.05, 0.1) is 11.0 Å². The van der Waals surface area contributed by atoms with Gasteiger partial charge in [-0.3, -0.25) is 4.79 Å². The number of thioether (sulfide) groups is 1. The molecular formula is C21H19ClN2O4S. The first kappa shape index (κ1) is 19.7. The largest absolute Gasteiger partial charge is 0.486 e. The summed E-state index contributed by atoms with van der Waals surface area (Å²) in [4.78, 5) is 12.5. The van der Waals surface area contributed by atoms with E-state index in [1.165, 1.54) is 11.8 Å². The molecule has 1 unspecified atom stereocenters. The summed E-state index contributed by atoms with van der Waals surface area (Å²) in [5.41, 5.74) is 2.35. The van der Waals surface area contributed by atoms with Crippen LogP contribution in [0.15, 0.2) is 53.1 Å². The Morgan fingerprint density at radius 3 is 2.69 bits per heavy atom. The van der Waals surface area contributed by atoms with Crippen LogP contribution in [0.5, 0.6) is 11.5 Å². The minimum atomic E-state index is -0.271. The second-order valence-electron chi connectivity index (χ2n) is 6.49. The fourth-order valence-electron chi connectivity index (χ4n) is 2.79. The van der Waals surface area contributed by atoms with Crippen LogP contribution in [0.2, 0.25) is 5.02 Å². The molecule has 0 aliphatic carbocycles. The molecule has 0 saturated heterocycles. The van der Waals surface area contributed by atoms with Crippen LogP contribution in [0.1, 0.15) is 12.7 Å². The summed E-state index contributed by atoms with van der Waals surface area (Å²) in [5.74, 6) is 2.49. The number of nitrogens with zero attached hydrogens (tertiary/aromatic N) is 1. The van der Waals surface area contributed by atoms with Gasteiger partial charge in [-0.2, -0.15) is 0 Å². The van der Waals surface area contributed by atoms with E-state index < -0.39 is 0 Å². The lowest BCUT2D eigenvalue weighted by atomic mass is 10.1. The molecular weight excluding hydrogens is 412 g/mol. The second-order valence-corrected chi connectivity index (χ2v) is 8.25. The summed E-state index contributed by atoms with van der Waals surface area (Å²) in [6, 6.07) is 14.7. The fourth-order valence-corrected chi connectivity index (χ4v) is 3.67. The molecule has 1 N–H and O–H groups in total. The molecule has 2 heterocycles. The van der Waals surface area contributed by atoms with Crippen LogP contribution in [-0.2, 0) is 10.5 Å². The Hall–Kier alpha value is -2.64. The van der Waals surface area contributed by atoms with Crippen molar-refractivity contribution < 1.29 is 18.8 Å². The second kappa shape index (κ2) is 8.80. The number of ether oxygens (including phenoxy) is 2. The van der Waals surface area contributed by atoms with Crippen molar-refractivity contribution in [3.63, 3.8) is 0 Å². The monoisotopic (exact) mass is 430 g/mol. The van der Waals surface area contributed by atoms with Crippen LogP contribution in [0.25, 0.3) is 11.3 Å². The van der Waals surface area contributed by atoms with Crippen molar-refractivity contribution in [2.45, 2.75) is 17.9 Å². The van der Waals surface area contributed by atoms with Gasteiger partial charge in [-0.1, -0.05) is 28.9 Å². The predicted octanol–water partition coefficient (Wildman–Crippen LogP) is 5.03. The van der Waals surface area contributed by atoms with Gasteiger partial charge < -0.3 is 19.3 Å². The fraction of sp³-hybridized carbons (Fsp3) is 0.238. The first-order valence-corrected chi connectivity index (χ1v) is 10.5. The maximum Gasteiger partial charge on any atom is 0.237 e. The van der Waals surface area contributed by atoms with Crippen molar-refractivity contribution >= 4 is 35.0 Å². The molecule has 1 amide bonds. The van der Waals surface area contributed by atoms with Crippen molar-refractivity contribution in [3.8, 4) is 22.8 Å². The summed E-state index contributed by atoms with van der Waals surface area (Å²) in [6.07, 6.45) is 0. The van der Waals surface area contributed by atoms with Crippen LogP contribution in [-0.4, -0.2) is 29.5 Å². The lowest BCUT2D eigenvalue weighted by Gasteiger charge is -2.19. The van der Waals surface area contributed by atoms with E-state index in [-0.39, 0.29) is 11.2 Å². The number of nitrogens with one attached hydrogen (secondary N) is 1. The molecule has 0 radical (unpaired) electrons.